The highest BCUT2D eigenvalue weighted by atomic mass is 79.9. The Balaban J connectivity index is 1.81. The Morgan fingerprint density at radius 1 is 1.17 bits per heavy atom. The number of hydrogen-bond acceptors (Lipinski definition) is 5. The standard InChI is InChI=1S/C22H17BrN2O4/c1-2-19(26)25-11-16(17-12-29-18-6-4-3-5-15(18)22(17)28)20(24-25)21(27)13-7-9-14(23)10-8-13/h3-10,12,16H,2,11H2,1H3. The number of nitrogens with zero attached hydrogens (tertiary/aromatic N) is 2. The summed E-state index contributed by atoms with van der Waals surface area (Å²) in [6.07, 6.45) is 1.63. The van der Waals surface area contributed by atoms with Crippen LogP contribution in [0.25, 0.3) is 11.0 Å². The average Bonchev–Trinajstić information content (AvgIpc) is 3.19. The first-order valence-corrected chi connectivity index (χ1v) is 9.98. The molecule has 7 heteroatoms. The lowest BCUT2D eigenvalue weighted by Crippen LogP contribution is -2.28. The Bertz CT molecular complexity index is 1200. The van der Waals surface area contributed by atoms with Crippen LogP contribution < -0.4 is 5.43 Å². The Morgan fingerprint density at radius 2 is 1.90 bits per heavy atom. The van der Waals surface area contributed by atoms with Crippen LogP contribution in [0.5, 0.6) is 0 Å². The van der Waals surface area contributed by atoms with E-state index in [-0.39, 0.29) is 35.8 Å². The lowest BCUT2D eigenvalue weighted by atomic mass is 9.90. The second kappa shape index (κ2) is 7.75. The highest BCUT2D eigenvalue weighted by molar-refractivity contribution is 9.10. The summed E-state index contributed by atoms with van der Waals surface area (Å²) in [6, 6.07) is 13.8. The number of fused-ring (bicyclic) bond motifs is 1. The number of benzene rings is 2. The first kappa shape index (κ1) is 19.3. The van der Waals surface area contributed by atoms with Crippen molar-refractivity contribution in [2.75, 3.05) is 6.54 Å². The molecule has 1 aromatic heterocycles. The van der Waals surface area contributed by atoms with Gasteiger partial charge in [0.25, 0.3) is 0 Å². The summed E-state index contributed by atoms with van der Waals surface area (Å²) in [6.45, 7) is 1.86. The van der Waals surface area contributed by atoms with Crippen molar-refractivity contribution >= 4 is 44.3 Å². The van der Waals surface area contributed by atoms with Gasteiger partial charge in [-0.2, -0.15) is 5.10 Å². The molecule has 0 radical (unpaired) electrons. The Labute approximate surface area is 175 Å². The van der Waals surface area contributed by atoms with Crippen LogP contribution in [0.3, 0.4) is 0 Å². The Kier molecular flexibility index (Phi) is 5.15. The van der Waals surface area contributed by atoms with Crippen LogP contribution in [0.2, 0.25) is 0 Å². The molecule has 0 bridgehead atoms. The van der Waals surface area contributed by atoms with Crippen molar-refractivity contribution in [1.29, 1.82) is 0 Å². The molecule has 0 saturated carbocycles. The summed E-state index contributed by atoms with van der Waals surface area (Å²) in [7, 11) is 0. The number of amides is 1. The third kappa shape index (κ3) is 3.53. The van der Waals surface area contributed by atoms with Gasteiger partial charge in [0.1, 0.15) is 11.3 Å². The van der Waals surface area contributed by atoms with Crippen molar-refractivity contribution in [2.24, 2.45) is 5.10 Å². The third-order valence-electron chi connectivity index (χ3n) is 4.93. The van der Waals surface area contributed by atoms with Crippen molar-refractivity contribution in [3.63, 3.8) is 0 Å². The predicted molar refractivity (Wildman–Crippen MR) is 113 cm³/mol. The minimum atomic E-state index is -0.650. The fourth-order valence-corrected chi connectivity index (χ4v) is 3.64. The highest BCUT2D eigenvalue weighted by Crippen LogP contribution is 2.27. The van der Waals surface area contributed by atoms with Crippen LogP contribution in [-0.4, -0.2) is 29.0 Å². The quantitative estimate of drug-likeness (QED) is 0.557. The van der Waals surface area contributed by atoms with Crippen LogP contribution in [0.4, 0.5) is 0 Å². The first-order chi connectivity index (χ1) is 14.0. The van der Waals surface area contributed by atoms with Crippen molar-refractivity contribution in [1.82, 2.24) is 5.01 Å². The second-order valence-corrected chi connectivity index (χ2v) is 7.64. The Morgan fingerprint density at radius 3 is 2.62 bits per heavy atom. The lowest BCUT2D eigenvalue weighted by molar-refractivity contribution is -0.130. The molecule has 29 heavy (non-hydrogen) atoms. The first-order valence-electron chi connectivity index (χ1n) is 9.19. The molecule has 0 saturated heterocycles. The fraction of sp³-hybridized carbons (Fsp3) is 0.182. The molecule has 1 aliphatic heterocycles. The van der Waals surface area contributed by atoms with E-state index in [0.29, 0.717) is 22.1 Å². The zero-order valence-corrected chi connectivity index (χ0v) is 17.2. The average molecular weight is 453 g/mol. The van der Waals surface area contributed by atoms with E-state index >= 15 is 0 Å². The molecule has 0 N–H and O–H groups in total. The van der Waals surface area contributed by atoms with Crippen molar-refractivity contribution in [2.45, 2.75) is 19.3 Å². The highest BCUT2D eigenvalue weighted by Gasteiger charge is 2.37. The van der Waals surface area contributed by atoms with Crippen LogP contribution >= 0.6 is 15.9 Å². The molecule has 1 atom stereocenters. The SMILES string of the molecule is CCC(=O)N1CC(c2coc3ccccc3c2=O)C(C(=O)c2ccc(Br)cc2)=N1. The number of halogens is 1. The number of Topliss-reactive ketones (excluding diaryl/α,β-unsaturated/α-hetero) is 1. The van der Waals surface area contributed by atoms with Gasteiger partial charge >= 0.3 is 0 Å². The van der Waals surface area contributed by atoms with E-state index < -0.39 is 5.92 Å². The molecular weight excluding hydrogens is 436 g/mol. The number of hydrazone groups is 1. The van der Waals surface area contributed by atoms with Crippen LogP contribution in [0.1, 0.15) is 35.2 Å². The van der Waals surface area contributed by atoms with Gasteiger partial charge < -0.3 is 4.42 Å². The molecule has 0 aliphatic carbocycles. The maximum absolute atomic E-state index is 13.2. The lowest BCUT2D eigenvalue weighted by Gasteiger charge is -2.14. The molecule has 0 fully saturated rings. The Hall–Kier alpha value is -3.06. The van der Waals surface area contributed by atoms with Gasteiger partial charge in [0.15, 0.2) is 5.43 Å². The molecule has 0 spiro atoms. The molecule has 1 amide bonds. The molecule has 6 nitrogen and oxygen atoms in total. The minimum Gasteiger partial charge on any atom is -0.464 e. The van der Waals surface area contributed by atoms with Crippen LogP contribution in [0.15, 0.2) is 73.6 Å². The van der Waals surface area contributed by atoms with Gasteiger partial charge in [-0.1, -0.05) is 35.0 Å². The monoisotopic (exact) mass is 452 g/mol. The van der Waals surface area contributed by atoms with E-state index in [2.05, 4.69) is 21.0 Å². The summed E-state index contributed by atoms with van der Waals surface area (Å²) < 4.78 is 6.48. The van der Waals surface area contributed by atoms with Crippen molar-refractivity contribution in [3.8, 4) is 0 Å². The van der Waals surface area contributed by atoms with Gasteiger partial charge in [-0.05, 0) is 36.4 Å². The number of rotatable bonds is 4. The molecule has 2 heterocycles. The zero-order chi connectivity index (χ0) is 20.5. The maximum atomic E-state index is 13.2. The molecule has 3 aromatic rings. The molecule has 146 valence electrons. The van der Waals surface area contributed by atoms with Crippen molar-refractivity contribution in [3.05, 3.63) is 80.6 Å². The van der Waals surface area contributed by atoms with Gasteiger partial charge in [-0.25, -0.2) is 5.01 Å². The number of hydrogen-bond donors (Lipinski definition) is 0. The van der Waals surface area contributed by atoms with Crippen molar-refractivity contribution < 1.29 is 14.0 Å². The topological polar surface area (TPSA) is 80.0 Å². The van der Waals surface area contributed by atoms with E-state index in [1.165, 1.54) is 11.3 Å². The number of carbonyl (C=O) groups is 2. The van der Waals surface area contributed by atoms with E-state index in [4.69, 9.17) is 4.42 Å². The van der Waals surface area contributed by atoms with E-state index in [9.17, 15) is 14.4 Å². The number of para-hydroxylation sites is 1. The van der Waals surface area contributed by atoms with E-state index in [1.807, 2.05) is 0 Å². The van der Waals surface area contributed by atoms with Gasteiger partial charge in [-0.15, -0.1) is 0 Å². The number of carbonyl (C=O) groups excluding carboxylic acids is 2. The molecule has 1 aliphatic rings. The van der Waals surface area contributed by atoms with E-state index in [0.717, 1.165) is 4.47 Å². The van der Waals surface area contributed by atoms with Gasteiger partial charge in [-0.3, -0.25) is 14.4 Å². The largest absolute Gasteiger partial charge is 0.464 e. The summed E-state index contributed by atoms with van der Waals surface area (Å²) in [5.41, 5.74) is 1.17. The smallest absolute Gasteiger partial charge is 0.242 e. The van der Waals surface area contributed by atoms with Crippen LogP contribution in [-0.2, 0) is 4.79 Å². The zero-order valence-electron chi connectivity index (χ0n) is 15.6. The van der Waals surface area contributed by atoms with E-state index in [1.54, 1.807) is 55.5 Å². The summed E-state index contributed by atoms with van der Waals surface area (Å²) >= 11 is 3.35. The molecule has 2 aromatic carbocycles. The normalized spacial score (nSPS) is 16.1. The predicted octanol–water partition coefficient (Wildman–Crippen LogP) is 4.13. The van der Waals surface area contributed by atoms with Crippen LogP contribution in [0, 0.1) is 0 Å². The van der Waals surface area contributed by atoms with Gasteiger partial charge in [0.05, 0.1) is 24.1 Å². The maximum Gasteiger partial charge on any atom is 0.242 e. The molecule has 1 unspecified atom stereocenters. The summed E-state index contributed by atoms with van der Waals surface area (Å²) in [4.78, 5) is 38.5. The summed E-state index contributed by atoms with van der Waals surface area (Å²) in [5, 5.41) is 6.00. The minimum absolute atomic E-state index is 0.132. The second-order valence-electron chi connectivity index (χ2n) is 6.72. The summed E-state index contributed by atoms with van der Waals surface area (Å²) in [5.74, 6) is -1.18. The van der Waals surface area contributed by atoms with Gasteiger partial charge in [0.2, 0.25) is 11.7 Å². The molecular formula is C22H17BrN2O4. The molecule has 4 rings (SSSR count). The number of ketones is 1. The van der Waals surface area contributed by atoms with Gasteiger partial charge in [0, 0.05) is 22.0 Å². The fourth-order valence-electron chi connectivity index (χ4n) is 3.37. The third-order valence-corrected chi connectivity index (χ3v) is 5.45.